The second-order valence-corrected chi connectivity index (χ2v) is 7.19. The summed E-state index contributed by atoms with van der Waals surface area (Å²) in [5.41, 5.74) is -0.515. The van der Waals surface area contributed by atoms with Crippen LogP contribution in [-0.2, 0) is 4.74 Å². The van der Waals surface area contributed by atoms with E-state index in [1.165, 1.54) is 0 Å². The summed E-state index contributed by atoms with van der Waals surface area (Å²) >= 11 is 0. The zero-order chi connectivity index (χ0) is 18.0. The van der Waals surface area contributed by atoms with Crippen LogP contribution < -0.4 is 14.2 Å². The first-order chi connectivity index (χ1) is 11.8. The molecule has 1 aromatic carbocycles. The highest BCUT2D eigenvalue weighted by molar-refractivity contribution is 5.68. The molecular weight excluding hydrogens is 329 g/mol. The maximum atomic E-state index is 14.5. The molecule has 2 heterocycles. The van der Waals surface area contributed by atoms with Gasteiger partial charge in [0.15, 0.2) is 11.5 Å². The fourth-order valence-corrected chi connectivity index (χ4v) is 2.82. The van der Waals surface area contributed by atoms with Crippen molar-refractivity contribution in [2.45, 2.75) is 45.3 Å². The molecule has 0 radical (unpaired) electrons. The number of amides is 1. The van der Waals surface area contributed by atoms with E-state index in [9.17, 15) is 9.18 Å². The number of hydrogen-bond acceptors (Lipinski definition) is 5. The summed E-state index contributed by atoms with van der Waals surface area (Å²) in [6, 6.07) is 3.21. The Kier molecular flexibility index (Phi) is 4.92. The summed E-state index contributed by atoms with van der Waals surface area (Å²) in [6.07, 6.45) is 0.757. The lowest BCUT2D eigenvalue weighted by Gasteiger charge is -2.33. The van der Waals surface area contributed by atoms with Gasteiger partial charge >= 0.3 is 6.09 Å². The van der Waals surface area contributed by atoms with Gasteiger partial charge in [-0.3, -0.25) is 0 Å². The number of rotatable bonds is 2. The maximum absolute atomic E-state index is 14.5. The van der Waals surface area contributed by atoms with E-state index in [1.54, 1.807) is 17.0 Å². The number of likely N-dealkylation sites (tertiary alicyclic amines) is 1. The van der Waals surface area contributed by atoms with E-state index in [-0.39, 0.29) is 23.7 Å². The van der Waals surface area contributed by atoms with Crippen molar-refractivity contribution in [2.24, 2.45) is 0 Å². The number of nitrogens with zero attached hydrogens (tertiary/aromatic N) is 1. The first-order valence-corrected chi connectivity index (χ1v) is 8.56. The maximum Gasteiger partial charge on any atom is 0.410 e. The molecule has 0 aromatic heterocycles. The van der Waals surface area contributed by atoms with Crippen LogP contribution in [0.5, 0.6) is 17.2 Å². The van der Waals surface area contributed by atoms with Crippen molar-refractivity contribution < 1.29 is 28.1 Å². The van der Waals surface area contributed by atoms with Gasteiger partial charge in [0.05, 0.1) is 0 Å². The van der Waals surface area contributed by atoms with Crippen LogP contribution in [0.25, 0.3) is 0 Å². The Morgan fingerprint density at radius 1 is 1.20 bits per heavy atom. The Bertz CT molecular complexity index is 635. The van der Waals surface area contributed by atoms with Gasteiger partial charge < -0.3 is 23.8 Å². The predicted molar refractivity (Wildman–Crippen MR) is 88.8 cm³/mol. The van der Waals surface area contributed by atoms with Crippen LogP contribution in [0.2, 0.25) is 0 Å². The standard InChI is InChI=1S/C18H24FNO5/c1-18(2,3)25-17(21)20-8-6-12(7-9-20)24-13-4-5-14-16(15(13)19)23-11-10-22-14/h4-5,12H,6-11H2,1-3H3. The number of ether oxygens (including phenoxy) is 4. The molecule has 0 bridgehead atoms. The van der Waals surface area contributed by atoms with Crippen molar-refractivity contribution in [2.75, 3.05) is 26.3 Å². The first kappa shape index (κ1) is 17.6. The summed E-state index contributed by atoms with van der Waals surface area (Å²) in [5.74, 6) is 0.123. The Morgan fingerprint density at radius 2 is 1.88 bits per heavy atom. The van der Waals surface area contributed by atoms with Crippen LogP contribution >= 0.6 is 0 Å². The second kappa shape index (κ2) is 6.98. The molecule has 0 atom stereocenters. The highest BCUT2D eigenvalue weighted by atomic mass is 19.1. The number of carbonyl (C=O) groups is 1. The molecule has 0 aliphatic carbocycles. The van der Waals surface area contributed by atoms with Crippen molar-refractivity contribution in [3.63, 3.8) is 0 Å². The van der Waals surface area contributed by atoms with E-state index < -0.39 is 11.4 Å². The summed E-state index contributed by atoms with van der Waals surface area (Å²) < 4.78 is 36.3. The lowest BCUT2D eigenvalue weighted by molar-refractivity contribution is 0.0122. The highest BCUT2D eigenvalue weighted by Crippen LogP contribution is 2.38. The van der Waals surface area contributed by atoms with Gasteiger partial charge in [-0.25, -0.2) is 4.79 Å². The number of piperidine rings is 1. The third-order valence-corrected chi connectivity index (χ3v) is 4.00. The molecular formula is C18H24FNO5. The molecule has 1 amide bonds. The van der Waals surface area contributed by atoms with Gasteiger partial charge in [-0.1, -0.05) is 0 Å². The molecule has 0 spiro atoms. The van der Waals surface area contributed by atoms with Crippen LogP contribution in [0.3, 0.4) is 0 Å². The smallest absolute Gasteiger partial charge is 0.410 e. The van der Waals surface area contributed by atoms with Crippen LogP contribution in [0.4, 0.5) is 9.18 Å². The van der Waals surface area contributed by atoms with Crippen LogP contribution in [0, 0.1) is 5.82 Å². The fraction of sp³-hybridized carbons (Fsp3) is 0.611. The lowest BCUT2D eigenvalue weighted by Crippen LogP contribution is -2.44. The molecule has 3 rings (SSSR count). The number of halogens is 1. The van der Waals surface area contributed by atoms with Gasteiger partial charge in [-0.05, 0) is 32.9 Å². The summed E-state index contributed by atoms with van der Waals surface area (Å²) in [7, 11) is 0. The minimum atomic E-state index is -0.535. The van der Waals surface area contributed by atoms with Gasteiger partial charge in [-0.2, -0.15) is 4.39 Å². The van der Waals surface area contributed by atoms with Crippen LogP contribution in [0.1, 0.15) is 33.6 Å². The second-order valence-electron chi connectivity index (χ2n) is 7.19. The largest absolute Gasteiger partial charge is 0.487 e. The number of carbonyl (C=O) groups excluding carboxylic acids is 1. The third kappa shape index (κ3) is 4.27. The third-order valence-electron chi connectivity index (χ3n) is 4.00. The van der Waals surface area contributed by atoms with E-state index in [1.807, 2.05) is 20.8 Å². The fourth-order valence-electron chi connectivity index (χ4n) is 2.82. The van der Waals surface area contributed by atoms with Crippen LogP contribution in [-0.4, -0.2) is 49.0 Å². The number of fused-ring (bicyclic) bond motifs is 1. The Morgan fingerprint density at radius 3 is 2.56 bits per heavy atom. The SMILES string of the molecule is CC(C)(C)OC(=O)N1CCC(Oc2ccc3c(c2F)OCCO3)CC1. The Hall–Kier alpha value is -2.18. The van der Waals surface area contributed by atoms with Crippen molar-refractivity contribution in [1.82, 2.24) is 4.90 Å². The van der Waals surface area contributed by atoms with Crippen molar-refractivity contribution >= 4 is 6.09 Å². The van der Waals surface area contributed by atoms with Gasteiger partial charge in [-0.15, -0.1) is 0 Å². The van der Waals surface area contributed by atoms with E-state index in [2.05, 4.69) is 0 Å². The monoisotopic (exact) mass is 353 g/mol. The van der Waals surface area contributed by atoms with E-state index in [0.717, 1.165) is 0 Å². The topological polar surface area (TPSA) is 57.2 Å². The average Bonchev–Trinajstić information content (AvgIpc) is 2.57. The Labute approximate surface area is 146 Å². The van der Waals surface area contributed by atoms with Gasteiger partial charge in [0.25, 0.3) is 0 Å². The molecule has 1 fully saturated rings. The zero-order valence-electron chi connectivity index (χ0n) is 14.8. The number of benzene rings is 1. The average molecular weight is 353 g/mol. The first-order valence-electron chi connectivity index (χ1n) is 8.56. The summed E-state index contributed by atoms with van der Waals surface area (Å²) in [4.78, 5) is 13.7. The molecule has 0 saturated carbocycles. The minimum absolute atomic E-state index is 0.106. The summed E-state index contributed by atoms with van der Waals surface area (Å²) in [6.45, 7) is 7.29. The normalized spacial score (nSPS) is 18.0. The molecule has 1 aromatic rings. The van der Waals surface area contributed by atoms with E-state index >= 15 is 0 Å². The van der Waals surface area contributed by atoms with Gasteiger partial charge in [0, 0.05) is 25.9 Å². The van der Waals surface area contributed by atoms with Crippen molar-refractivity contribution in [1.29, 1.82) is 0 Å². The molecule has 0 unspecified atom stereocenters. The molecule has 6 nitrogen and oxygen atoms in total. The molecule has 1 saturated heterocycles. The molecule has 25 heavy (non-hydrogen) atoms. The van der Waals surface area contributed by atoms with E-state index in [4.69, 9.17) is 18.9 Å². The highest BCUT2D eigenvalue weighted by Gasteiger charge is 2.29. The van der Waals surface area contributed by atoms with Gasteiger partial charge in [0.2, 0.25) is 11.6 Å². The predicted octanol–water partition coefficient (Wildman–Crippen LogP) is 3.38. The summed E-state index contributed by atoms with van der Waals surface area (Å²) in [5, 5.41) is 0. The minimum Gasteiger partial charge on any atom is -0.487 e. The van der Waals surface area contributed by atoms with Gasteiger partial charge in [0.1, 0.15) is 24.9 Å². The van der Waals surface area contributed by atoms with Crippen LogP contribution in [0.15, 0.2) is 12.1 Å². The quantitative estimate of drug-likeness (QED) is 0.816. The van der Waals surface area contributed by atoms with Crippen molar-refractivity contribution in [3.05, 3.63) is 17.9 Å². The molecule has 2 aliphatic heterocycles. The molecule has 0 N–H and O–H groups in total. The molecule has 138 valence electrons. The van der Waals surface area contributed by atoms with E-state index in [0.29, 0.717) is 44.9 Å². The zero-order valence-corrected chi connectivity index (χ0v) is 14.8. The Balaban J connectivity index is 1.57. The van der Waals surface area contributed by atoms with Crippen molar-refractivity contribution in [3.8, 4) is 17.2 Å². The molecule has 7 heteroatoms. The molecule has 2 aliphatic rings. The number of hydrogen-bond donors (Lipinski definition) is 0. The lowest BCUT2D eigenvalue weighted by atomic mass is 10.1.